The summed E-state index contributed by atoms with van der Waals surface area (Å²) in [6.45, 7) is 4.65. The molecule has 0 spiro atoms. The second-order valence-electron chi connectivity index (χ2n) is 7.80. The Labute approximate surface area is 160 Å². The summed E-state index contributed by atoms with van der Waals surface area (Å²) in [6.07, 6.45) is 6.90. The molecule has 1 saturated carbocycles. The molecule has 144 valence electrons. The fourth-order valence-electron chi connectivity index (χ4n) is 4.36. The van der Waals surface area contributed by atoms with Gasteiger partial charge in [-0.3, -0.25) is 9.48 Å². The lowest BCUT2D eigenvalue weighted by Crippen LogP contribution is -2.47. The molecule has 4 rings (SSSR count). The SMILES string of the molecule is COc1ccc(OC[C@H]2[C@@H]3CC[C@@H](C3)N2C(=O)c2cnn(C(C)C)c2)cc1. The first-order valence-electron chi connectivity index (χ1n) is 9.70. The monoisotopic (exact) mass is 369 g/mol. The number of rotatable bonds is 6. The Bertz CT molecular complexity index is 799. The molecule has 1 aromatic heterocycles. The number of carbonyl (C=O) groups is 1. The van der Waals surface area contributed by atoms with Crippen LogP contribution in [-0.2, 0) is 0 Å². The molecule has 2 aliphatic rings. The topological polar surface area (TPSA) is 56.6 Å². The molecule has 1 aliphatic heterocycles. The largest absolute Gasteiger partial charge is 0.497 e. The Morgan fingerprint density at radius 3 is 2.63 bits per heavy atom. The van der Waals surface area contributed by atoms with E-state index in [2.05, 4.69) is 23.8 Å². The number of carbonyl (C=O) groups excluding carboxylic acids is 1. The second-order valence-corrected chi connectivity index (χ2v) is 7.80. The van der Waals surface area contributed by atoms with Crippen LogP contribution in [0.3, 0.4) is 0 Å². The van der Waals surface area contributed by atoms with Crippen molar-refractivity contribution in [1.29, 1.82) is 0 Å². The van der Waals surface area contributed by atoms with Crippen molar-refractivity contribution >= 4 is 5.91 Å². The third-order valence-electron chi connectivity index (χ3n) is 5.83. The van der Waals surface area contributed by atoms with Crippen LogP contribution in [0, 0.1) is 5.92 Å². The van der Waals surface area contributed by atoms with E-state index in [1.54, 1.807) is 13.3 Å². The average molecular weight is 369 g/mol. The predicted molar refractivity (Wildman–Crippen MR) is 102 cm³/mol. The average Bonchev–Trinajstić information content (AvgIpc) is 3.41. The minimum absolute atomic E-state index is 0.0810. The fourth-order valence-corrected chi connectivity index (χ4v) is 4.36. The molecule has 27 heavy (non-hydrogen) atoms. The molecule has 3 atom stereocenters. The number of hydrogen-bond donors (Lipinski definition) is 0. The number of ether oxygens (including phenoxy) is 2. The molecule has 0 N–H and O–H groups in total. The highest BCUT2D eigenvalue weighted by molar-refractivity contribution is 5.94. The lowest BCUT2D eigenvalue weighted by Gasteiger charge is -2.35. The molecule has 0 unspecified atom stereocenters. The summed E-state index contributed by atoms with van der Waals surface area (Å²) in [5.74, 6) is 2.22. The van der Waals surface area contributed by atoms with Crippen molar-refractivity contribution in [1.82, 2.24) is 14.7 Å². The quantitative estimate of drug-likeness (QED) is 0.781. The molecule has 2 fully saturated rings. The predicted octanol–water partition coefficient (Wildman–Crippen LogP) is 3.54. The second kappa shape index (κ2) is 7.25. The Kier molecular flexibility index (Phi) is 4.81. The van der Waals surface area contributed by atoms with Gasteiger partial charge in [0, 0.05) is 18.3 Å². The maximum atomic E-state index is 13.2. The van der Waals surface area contributed by atoms with Crippen LogP contribution < -0.4 is 9.47 Å². The van der Waals surface area contributed by atoms with Gasteiger partial charge < -0.3 is 14.4 Å². The van der Waals surface area contributed by atoms with Gasteiger partial charge in [-0.05, 0) is 63.3 Å². The van der Waals surface area contributed by atoms with Gasteiger partial charge in [0.15, 0.2) is 0 Å². The van der Waals surface area contributed by atoms with E-state index in [0.29, 0.717) is 24.1 Å². The van der Waals surface area contributed by atoms with Crippen molar-refractivity contribution in [3.05, 3.63) is 42.2 Å². The number of likely N-dealkylation sites (tertiary alicyclic amines) is 1. The molecule has 2 bridgehead atoms. The lowest BCUT2D eigenvalue weighted by atomic mass is 9.99. The number of nitrogens with zero attached hydrogens (tertiary/aromatic N) is 3. The highest BCUT2D eigenvalue weighted by Crippen LogP contribution is 2.43. The van der Waals surface area contributed by atoms with Crippen molar-refractivity contribution in [2.75, 3.05) is 13.7 Å². The van der Waals surface area contributed by atoms with Crippen molar-refractivity contribution < 1.29 is 14.3 Å². The summed E-state index contributed by atoms with van der Waals surface area (Å²) in [5.41, 5.74) is 0.672. The Hall–Kier alpha value is -2.50. The van der Waals surface area contributed by atoms with E-state index in [1.807, 2.05) is 35.1 Å². The van der Waals surface area contributed by atoms with E-state index in [4.69, 9.17) is 9.47 Å². The number of aromatic nitrogens is 2. The van der Waals surface area contributed by atoms with Crippen LogP contribution in [0.25, 0.3) is 0 Å². The van der Waals surface area contributed by atoms with Crippen LogP contribution >= 0.6 is 0 Å². The summed E-state index contributed by atoms with van der Waals surface area (Å²) in [4.78, 5) is 15.2. The normalized spacial score (nSPS) is 23.9. The van der Waals surface area contributed by atoms with Gasteiger partial charge in [-0.25, -0.2) is 0 Å². The summed E-state index contributed by atoms with van der Waals surface area (Å²) in [5, 5.41) is 4.33. The third kappa shape index (κ3) is 3.40. The standard InChI is InChI=1S/C21H27N3O3/c1-14(2)23-12-16(11-22-23)21(25)24-17-5-4-15(10-17)20(24)13-27-19-8-6-18(26-3)7-9-19/h6-9,11-12,14-15,17,20H,4-5,10,13H2,1-3H3/t15-,17+,20+/m1/s1. The number of methoxy groups -OCH3 is 1. The molecule has 2 aromatic rings. The summed E-state index contributed by atoms with van der Waals surface area (Å²) in [7, 11) is 1.65. The summed E-state index contributed by atoms with van der Waals surface area (Å²) < 4.78 is 13.1. The van der Waals surface area contributed by atoms with E-state index in [-0.39, 0.29) is 18.0 Å². The summed E-state index contributed by atoms with van der Waals surface area (Å²) in [6, 6.07) is 8.29. The van der Waals surface area contributed by atoms with Gasteiger partial charge in [0.05, 0.1) is 24.9 Å². The van der Waals surface area contributed by atoms with Crippen molar-refractivity contribution in [3.8, 4) is 11.5 Å². The maximum Gasteiger partial charge on any atom is 0.257 e. The van der Waals surface area contributed by atoms with Gasteiger partial charge in [0.2, 0.25) is 0 Å². The number of hydrogen-bond acceptors (Lipinski definition) is 4. The van der Waals surface area contributed by atoms with Gasteiger partial charge in [-0.2, -0.15) is 5.10 Å². The van der Waals surface area contributed by atoms with Crippen LogP contribution in [0.1, 0.15) is 49.5 Å². The van der Waals surface area contributed by atoms with E-state index in [9.17, 15) is 4.79 Å². The minimum atomic E-state index is 0.0810. The lowest BCUT2D eigenvalue weighted by molar-refractivity contribution is 0.0505. The van der Waals surface area contributed by atoms with E-state index >= 15 is 0 Å². The molecule has 1 aliphatic carbocycles. The van der Waals surface area contributed by atoms with Crippen molar-refractivity contribution in [2.45, 2.75) is 51.2 Å². The smallest absolute Gasteiger partial charge is 0.257 e. The van der Waals surface area contributed by atoms with Crippen molar-refractivity contribution in [2.24, 2.45) is 5.92 Å². The number of amides is 1. The fraction of sp³-hybridized carbons (Fsp3) is 0.524. The van der Waals surface area contributed by atoms with Gasteiger partial charge in [0.25, 0.3) is 5.91 Å². The zero-order chi connectivity index (χ0) is 19.0. The first-order chi connectivity index (χ1) is 13.1. The Morgan fingerprint density at radius 2 is 1.96 bits per heavy atom. The van der Waals surface area contributed by atoms with Gasteiger partial charge >= 0.3 is 0 Å². The summed E-state index contributed by atoms with van der Waals surface area (Å²) >= 11 is 0. The van der Waals surface area contributed by atoms with E-state index in [1.165, 1.54) is 6.42 Å². The van der Waals surface area contributed by atoms with Gasteiger partial charge in [0.1, 0.15) is 18.1 Å². The van der Waals surface area contributed by atoms with E-state index in [0.717, 1.165) is 24.3 Å². The highest BCUT2D eigenvalue weighted by atomic mass is 16.5. The molecule has 1 amide bonds. The third-order valence-corrected chi connectivity index (χ3v) is 5.83. The van der Waals surface area contributed by atoms with Gasteiger partial charge in [-0.15, -0.1) is 0 Å². The Balaban J connectivity index is 1.47. The highest BCUT2D eigenvalue weighted by Gasteiger charge is 2.48. The number of benzene rings is 1. The maximum absolute atomic E-state index is 13.2. The molecule has 0 radical (unpaired) electrons. The Morgan fingerprint density at radius 1 is 1.22 bits per heavy atom. The minimum Gasteiger partial charge on any atom is -0.497 e. The van der Waals surface area contributed by atoms with E-state index < -0.39 is 0 Å². The van der Waals surface area contributed by atoms with Crippen LogP contribution in [0.2, 0.25) is 0 Å². The molecule has 1 aromatic carbocycles. The first kappa shape index (κ1) is 17.9. The molecule has 2 heterocycles. The molecule has 1 saturated heterocycles. The zero-order valence-corrected chi connectivity index (χ0v) is 16.2. The molecular weight excluding hydrogens is 342 g/mol. The van der Waals surface area contributed by atoms with Crippen LogP contribution in [-0.4, -0.2) is 46.4 Å². The number of fused-ring (bicyclic) bond motifs is 2. The van der Waals surface area contributed by atoms with Crippen LogP contribution in [0.4, 0.5) is 0 Å². The van der Waals surface area contributed by atoms with Crippen LogP contribution in [0.15, 0.2) is 36.7 Å². The number of piperidine rings is 1. The zero-order valence-electron chi connectivity index (χ0n) is 16.2. The first-order valence-corrected chi connectivity index (χ1v) is 9.70. The molecule has 6 heteroatoms. The van der Waals surface area contributed by atoms with Crippen LogP contribution in [0.5, 0.6) is 11.5 Å². The van der Waals surface area contributed by atoms with Crippen molar-refractivity contribution in [3.63, 3.8) is 0 Å². The molecule has 6 nitrogen and oxygen atoms in total. The molecular formula is C21H27N3O3. The van der Waals surface area contributed by atoms with Gasteiger partial charge in [-0.1, -0.05) is 0 Å².